The lowest BCUT2D eigenvalue weighted by atomic mass is 9.86. The Balaban J connectivity index is 2.86. The first-order valence-electron chi connectivity index (χ1n) is 8.22. The first-order chi connectivity index (χ1) is 9.76. The van der Waals surface area contributed by atoms with Crippen LogP contribution in [-0.4, -0.2) is 13.2 Å². The second-order valence-electron chi connectivity index (χ2n) is 5.37. The summed E-state index contributed by atoms with van der Waals surface area (Å²) >= 11 is 0. The van der Waals surface area contributed by atoms with Gasteiger partial charge in [-0.15, -0.1) is 0 Å². The predicted molar refractivity (Wildman–Crippen MR) is 87.3 cm³/mol. The second kappa shape index (κ2) is 9.82. The van der Waals surface area contributed by atoms with Crippen molar-refractivity contribution in [1.29, 1.82) is 0 Å². The Kier molecular flexibility index (Phi) is 8.36. The van der Waals surface area contributed by atoms with Crippen molar-refractivity contribution in [2.24, 2.45) is 5.92 Å². The van der Waals surface area contributed by atoms with Crippen molar-refractivity contribution in [3.63, 3.8) is 0 Å². The molecule has 20 heavy (non-hydrogen) atoms. The monoisotopic (exact) mass is 277 g/mol. The maximum Gasteiger partial charge on any atom is 0.119 e. The van der Waals surface area contributed by atoms with Crippen LogP contribution in [0.25, 0.3) is 0 Å². The largest absolute Gasteiger partial charge is 0.494 e. The standard InChI is InChI=1S/C18H31NO/c1-5-9-15(10-6-2)18(19-7-3)16-11-13-17(14-12-16)20-8-4/h11-15,18-19H,5-10H2,1-4H3. The van der Waals surface area contributed by atoms with E-state index in [1.807, 2.05) is 6.92 Å². The molecule has 0 saturated carbocycles. The van der Waals surface area contributed by atoms with Gasteiger partial charge in [0.25, 0.3) is 0 Å². The molecule has 0 radical (unpaired) electrons. The van der Waals surface area contributed by atoms with Crippen LogP contribution in [0.1, 0.15) is 65.0 Å². The van der Waals surface area contributed by atoms with Gasteiger partial charge in [0.2, 0.25) is 0 Å². The topological polar surface area (TPSA) is 21.3 Å². The molecule has 0 heterocycles. The smallest absolute Gasteiger partial charge is 0.119 e. The number of rotatable bonds is 10. The first-order valence-corrected chi connectivity index (χ1v) is 8.22. The Labute approximate surface area is 124 Å². The van der Waals surface area contributed by atoms with E-state index in [4.69, 9.17) is 4.74 Å². The van der Waals surface area contributed by atoms with Crippen molar-refractivity contribution in [2.45, 2.75) is 59.4 Å². The Morgan fingerprint density at radius 1 is 0.950 bits per heavy atom. The van der Waals surface area contributed by atoms with Crippen molar-refractivity contribution in [2.75, 3.05) is 13.2 Å². The van der Waals surface area contributed by atoms with Gasteiger partial charge < -0.3 is 10.1 Å². The van der Waals surface area contributed by atoms with Gasteiger partial charge >= 0.3 is 0 Å². The van der Waals surface area contributed by atoms with Gasteiger partial charge in [0.05, 0.1) is 6.61 Å². The summed E-state index contributed by atoms with van der Waals surface area (Å²) in [6.07, 6.45) is 5.09. The predicted octanol–water partition coefficient (Wildman–Crippen LogP) is 4.95. The van der Waals surface area contributed by atoms with Crippen LogP contribution in [0, 0.1) is 5.92 Å². The minimum absolute atomic E-state index is 0.468. The third-order valence-electron chi connectivity index (χ3n) is 3.76. The third-order valence-corrected chi connectivity index (χ3v) is 3.76. The second-order valence-corrected chi connectivity index (χ2v) is 5.37. The van der Waals surface area contributed by atoms with Gasteiger partial charge in [0, 0.05) is 6.04 Å². The molecule has 1 unspecified atom stereocenters. The fourth-order valence-corrected chi connectivity index (χ4v) is 2.93. The maximum atomic E-state index is 5.54. The summed E-state index contributed by atoms with van der Waals surface area (Å²) in [5.74, 6) is 1.69. The van der Waals surface area contributed by atoms with E-state index in [2.05, 4.69) is 50.4 Å². The maximum absolute atomic E-state index is 5.54. The van der Waals surface area contributed by atoms with E-state index in [0.29, 0.717) is 6.04 Å². The zero-order valence-corrected chi connectivity index (χ0v) is 13.6. The number of benzene rings is 1. The minimum Gasteiger partial charge on any atom is -0.494 e. The normalized spacial score (nSPS) is 12.7. The van der Waals surface area contributed by atoms with Crippen LogP contribution in [-0.2, 0) is 0 Å². The molecule has 2 heteroatoms. The molecule has 1 N–H and O–H groups in total. The molecule has 114 valence electrons. The summed E-state index contributed by atoms with van der Waals surface area (Å²) in [6.45, 7) is 10.5. The molecule has 0 saturated heterocycles. The molecule has 0 fully saturated rings. The average molecular weight is 277 g/mol. The van der Waals surface area contributed by atoms with Crippen LogP contribution < -0.4 is 10.1 Å². The molecule has 1 aromatic rings. The Morgan fingerprint density at radius 2 is 1.55 bits per heavy atom. The third kappa shape index (κ3) is 5.16. The summed E-state index contributed by atoms with van der Waals surface area (Å²) in [6, 6.07) is 9.10. The van der Waals surface area contributed by atoms with Crippen LogP contribution in [0.15, 0.2) is 24.3 Å². The molecule has 1 atom stereocenters. The Bertz CT molecular complexity index is 341. The molecule has 0 aliphatic rings. The fraction of sp³-hybridized carbons (Fsp3) is 0.667. The van der Waals surface area contributed by atoms with Crippen LogP contribution >= 0.6 is 0 Å². The van der Waals surface area contributed by atoms with Gasteiger partial charge in [-0.1, -0.05) is 45.7 Å². The SMILES string of the molecule is CCCC(CCC)C(NCC)c1ccc(OCC)cc1. The van der Waals surface area contributed by atoms with Gasteiger partial charge in [0.1, 0.15) is 5.75 Å². The molecule has 0 aromatic heterocycles. The van der Waals surface area contributed by atoms with Crippen molar-refractivity contribution in [1.82, 2.24) is 5.32 Å². The van der Waals surface area contributed by atoms with E-state index >= 15 is 0 Å². The summed E-state index contributed by atoms with van der Waals surface area (Å²) in [5, 5.41) is 3.68. The fourth-order valence-electron chi connectivity index (χ4n) is 2.93. The zero-order chi connectivity index (χ0) is 14.8. The van der Waals surface area contributed by atoms with Crippen molar-refractivity contribution in [3.8, 4) is 5.75 Å². The highest BCUT2D eigenvalue weighted by molar-refractivity contribution is 5.29. The highest BCUT2D eigenvalue weighted by atomic mass is 16.5. The first kappa shape index (κ1) is 17.0. The van der Waals surface area contributed by atoms with Crippen LogP contribution in [0.3, 0.4) is 0 Å². The molecule has 0 aliphatic heterocycles. The minimum atomic E-state index is 0.468. The average Bonchev–Trinajstić information content (AvgIpc) is 2.46. The summed E-state index contributed by atoms with van der Waals surface area (Å²) in [7, 11) is 0. The molecule has 1 rings (SSSR count). The van der Waals surface area contributed by atoms with Crippen molar-refractivity contribution >= 4 is 0 Å². The zero-order valence-electron chi connectivity index (χ0n) is 13.6. The lowest BCUT2D eigenvalue weighted by molar-refractivity contribution is 0.318. The van der Waals surface area contributed by atoms with Crippen LogP contribution in [0.4, 0.5) is 0 Å². The number of nitrogens with one attached hydrogen (secondary N) is 1. The molecular weight excluding hydrogens is 246 g/mol. The lowest BCUT2D eigenvalue weighted by Gasteiger charge is -2.28. The van der Waals surface area contributed by atoms with E-state index < -0.39 is 0 Å². The van der Waals surface area contributed by atoms with Gasteiger partial charge in [-0.05, 0) is 49.9 Å². The van der Waals surface area contributed by atoms with Gasteiger partial charge in [-0.3, -0.25) is 0 Å². The Hall–Kier alpha value is -1.02. The van der Waals surface area contributed by atoms with Gasteiger partial charge in [-0.2, -0.15) is 0 Å². The molecule has 2 nitrogen and oxygen atoms in total. The summed E-state index contributed by atoms with van der Waals surface area (Å²) in [5.41, 5.74) is 1.39. The van der Waals surface area contributed by atoms with E-state index in [9.17, 15) is 0 Å². The molecule has 0 amide bonds. The Morgan fingerprint density at radius 3 is 2.00 bits per heavy atom. The van der Waals surface area contributed by atoms with Crippen molar-refractivity contribution < 1.29 is 4.74 Å². The van der Waals surface area contributed by atoms with Crippen LogP contribution in [0.5, 0.6) is 5.75 Å². The summed E-state index contributed by atoms with van der Waals surface area (Å²) in [4.78, 5) is 0. The number of ether oxygens (including phenoxy) is 1. The molecular formula is C18H31NO. The van der Waals surface area contributed by atoms with Gasteiger partial charge in [-0.25, -0.2) is 0 Å². The lowest BCUT2D eigenvalue weighted by Crippen LogP contribution is -2.28. The van der Waals surface area contributed by atoms with Crippen molar-refractivity contribution in [3.05, 3.63) is 29.8 Å². The molecule has 0 bridgehead atoms. The van der Waals surface area contributed by atoms with E-state index in [0.717, 1.165) is 24.8 Å². The molecule has 1 aromatic carbocycles. The summed E-state index contributed by atoms with van der Waals surface area (Å²) < 4.78 is 5.54. The van der Waals surface area contributed by atoms with E-state index in [-0.39, 0.29) is 0 Å². The van der Waals surface area contributed by atoms with E-state index in [1.165, 1.54) is 31.2 Å². The number of hydrogen-bond donors (Lipinski definition) is 1. The van der Waals surface area contributed by atoms with Gasteiger partial charge in [0.15, 0.2) is 0 Å². The number of hydrogen-bond acceptors (Lipinski definition) is 2. The quantitative estimate of drug-likeness (QED) is 0.653. The highest BCUT2D eigenvalue weighted by Gasteiger charge is 2.21. The van der Waals surface area contributed by atoms with E-state index in [1.54, 1.807) is 0 Å². The highest BCUT2D eigenvalue weighted by Crippen LogP contribution is 2.30. The van der Waals surface area contributed by atoms with Crippen LogP contribution in [0.2, 0.25) is 0 Å². The molecule has 0 aliphatic carbocycles. The molecule has 0 spiro atoms.